The van der Waals surface area contributed by atoms with Gasteiger partial charge in [0.05, 0.1) is 22.2 Å². The maximum atomic E-state index is 13.6. The molecule has 1 heterocycles. The van der Waals surface area contributed by atoms with Crippen LogP contribution in [0.5, 0.6) is 0 Å². The van der Waals surface area contributed by atoms with Gasteiger partial charge in [-0.05, 0) is 12.1 Å². The summed E-state index contributed by atoms with van der Waals surface area (Å²) >= 11 is 0. The summed E-state index contributed by atoms with van der Waals surface area (Å²) in [7, 11) is 0. The Morgan fingerprint density at radius 1 is 1.33 bits per heavy atom. The molecule has 0 atom stereocenters. The molecule has 2 aromatic rings. The standard InChI is InChI=1S/C12H8F2N4O3/c13-6-3-7(5-8(4-6)18(20)21)17-12(19)9-1-2-16-11(15)10(9)14/h1-5H,(H2,15,16)(H,17,19). The highest BCUT2D eigenvalue weighted by atomic mass is 19.1. The van der Waals surface area contributed by atoms with E-state index in [4.69, 9.17) is 5.73 Å². The number of anilines is 2. The normalized spacial score (nSPS) is 10.2. The van der Waals surface area contributed by atoms with Gasteiger partial charge in [0.25, 0.3) is 11.6 Å². The van der Waals surface area contributed by atoms with Gasteiger partial charge in [0, 0.05) is 12.3 Å². The van der Waals surface area contributed by atoms with Gasteiger partial charge in [-0.3, -0.25) is 14.9 Å². The number of nitro benzene ring substituents is 1. The van der Waals surface area contributed by atoms with E-state index in [0.717, 1.165) is 24.4 Å². The Kier molecular flexibility index (Phi) is 3.74. The first-order valence-corrected chi connectivity index (χ1v) is 5.55. The van der Waals surface area contributed by atoms with Crippen molar-refractivity contribution in [3.05, 3.63) is 57.8 Å². The number of carbonyl (C=O) groups is 1. The van der Waals surface area contributed by atoms with Gasteiger partial charge in [0.1, 0.15) is 5.82 Å². The van der Waals surface area contributed by atoms with Crippen LogP contribution in [0.25, 0.3) is 0 Å². The first-order valence-electron chi connectivity index (χ1n) is 5.55. The number of nitrogens with one attached hydrogen (secondary N) is 1. The molecule has 108 valence electrons. The Morgan fingerprint density at radius 3 is 2.71 bits per heavy atom. The van der Waals surface area contributed by atoms with E-state index in [0.29, 0.717) is 6.07 Å². The van der Waals surface area contributed by atoms with Gasteiger partial charge >= 0.3 is 0 Å². The second kappa shape index (κ2) is 5.49. The number of amides is 1. The molecular formula is C12H8F2N4O3. The Labute approximate surface area is 116 Å². The van der Waals surface area contributed by atoms with Crippen molar-refractivity contribution in [2.24, 2.45) is 0 Å². The molecule has 7 nitrogen and oxygen atoms in total. The van der Waals surface area contributed by atoms with E-state index < -0.39 is 39.5 Å². The van der Waals surface area contributed by atoms with Gasteiger partial charge in [-0.2, -0.15) is 0 Å². The van der Waals surface area contributed by atoms with Crippen molar-refractivity contribution in [2.45, 2.75) is 0 Å². The van der Waals surface area contributed by atoms with E-state index >= 15 is 0 Å². The fourth-order valence-corrected chi connectivity index (χ4v) is 1.59. The smallest absolute Gasteiger partial charge is 0.274 e. The number of hydrogen-bond acceptors (Lipinski definition) is 5. The Morgan fingerprint density at radius 2 is 2.05 bits per heavy atom. The molecule has 0 spiro atoms. The largest absolute Gasteiger partial charge is 0.381 e. The van der Waals surface area contributed by atoms with Crippen molar-refractivity contribution >= 4 is 23.1 Å². The van der Waals surface area contributed by atoms with E-state index in [-0.39, 0.29) is 5.69 Å². The molecule has 21 heavy (non-hydrogen) atoms. The fraction of sp³-hybridized carbons (Fsp3) is 0. The molecule has 0 aliphatic rings. The van der Waals surface area contributed by atoms with E-state index in [2.05, 4.69) is 10.3 Å². The minimum atomic E-state index is -1.03. The molecule has 0 aliphatic heterocycles. The van der Waals surface area contributed by atoms with Crippen LogP contribution in [0.1, 0.15) is 10.4 Å². The van der Waals surface area contributed by atoms with E-state index in [1.54, 1.807) is 0 Å². The minimum absolute atomic E-state index is 0.179. The first-order chi connectivity index (χ1) is 9.88. The lowest BCUT2D eigenvalue weighted by Crippen LogP contribution is -2.15. The van der Waals surface area contributed by atoms with Gasteiger partial charge in [-0.25, -0.2) is 13.8 Å². The Bertz CT molecular complexity index is 736. The highest BCUT2D eigenvalue weighted by molar-refractivity contribution is 6.04. The van der Waals surface area contributed by atoms with Crippen LogP contribution >= 0.6 is 0 Å². The molecule has 0 unspecified atom stereocenters. The number of nitrogens with zero attached hydrogens (tertiary/aromatic N) is 2. The van der Waals surface area contributed by atoms with Crippen LogP contribution in [0.2, 0.25) is 0 Å². The van der Waals surface area contributed by atoms with Gasteiger partial charge in [-0.1, -0.05) is 0 Å². The second-order valence-corrected chi connectivity index (χ2v) is 3.97. The van der Waals surface area contributed by atoms with Crippen molar-refractivity contribution in [3.63, 3.8) is 0 Å². The highest BCUT2D eigenvalue weighted by Crippen LogP contribution is 2.21. The molecule has 2 rings (SSSR count). The lowest BCUT2D eigenvalue weighted by Gasteiger charge is -2.07. The van der Waals surface area contributed by atoms with Crippen LogP contribution < -0.4 is 11.1 Å². The summed E-state index contributed by atoms with van der Waals surface area (Å²) in [5.41, 5.74) is 4.10. The summed E-state index contributed by atoms with van der Waals surface area (Å²) in [4.78, 5) is 25.1. The number of halogens is 2. The lowest BCUT2D eigenvalue weighted by atomic mass is 10.2. The maximum Gasteiger partial charge on any atom is 0.274 e. The number of aromatic nitrogens is 1. The van der Waals surface area contributed by atoms with Crippen LogP contribution in [-0.4, -0.2) is 15.8 Å². The predicted octanol–water partition coefficient (Wildman–Crippen LogP) is 2.10. The second-order valence-electron chi connectivity index (χ2n) is 3.97. The van der Waals surface area contributed by atoms with Crippen molar-refractivity contribution in [1.29, 1.82) is 0 Å². The maximum absolute atomic E-state index is 13.6. The van der Waals surface area contributed by atoms with Crippen LogP contribution in [-0.2, 0) is 0 Å². The van der Waals surface area contributed by atoms with E-state index in [9.17, 15) is 23.7 Å². The third-order valence-corrected chi connectivity index (χ3v) is 2.51. The highest BCUT2D eigenvalue weighted by Gasteiger charge is 2.17. The lowest BCUT2D eigenvalue weighted by molar-refractivity contribution is -0.385. The minimum Gasteiger partial charge on any atom is -0.381 e. The zero-order chi connectivity index (χ0) is 15.6. The number of hydrogen-bond donors (Lipinski definition) is 2. The molecular weight excluding hydrogens is 286 g/mol. The number of nitrogens with two attached hydrogens (primary N) is 1. The summed E-state index contributed by atoms with van der Waals surface area (Å²) < 4.78 is 26.8. The molecule has 0 fully saturated rings. The molecule has 3 N–H and O–H groups in total. The molecule has 9 heteroatoms. The summed E-state index contributed by atoms with van der Waals surface area (Å²) in [5.74, 6) is -3.33. The van der Waals surface area contributed by atoms with Crippen molar-refractivity contribution in [3.8, 4) is 0 Å². The molecule has 0 bridgehead atoms. The molecule has 1 aromatic carbocycles. The van der Waals surface area contributed by atoms with Crippen molar-refractivity contribution in [1.82, 2.24) is 4.98 Å². The summed E-state index contributed by atoms with van der Waals surface area (Å²) in [6.07, 6.45) is 1.13. The summed E-state index contributed by atoms with van der Waals surface area (Å²) in [6.45, 7) is 0. The first kappa shape index (κ1) is 14.3. The third kappa shape index (κ3) is 3.08. The number of nitrogen functional groups attached to an aromatic ring is 1. The predicted molar refractivity (Wildman–Crippen MR) is 69.6 cm³/mol. The summed E-state index contributed by atoms with van der Waals surface area (Å²) in [5, 5.41) is 12.8. The summed E-state index contributed by atoms with van der Waals surface area (Å²) in [6, 6.07) is 3.59. The molecule has 1 aromatic heterocycles. The van der Waals surface area contributed by atoms with Crippen LogP contribution in [0.3, 0.4) is 0 Å². The average Bonchev–Trinajstić information content (AvgIpc) is 2.41. The van der Waals surface area contributed by atoms with Crippen molar-refractivity contribution in [2.75, 3.05) is 11.1 Å². The zero-order valence-corrected chi connectivity index (χ0v) is 10.3. The number of pyridine rings is 1. The Hall–Kier alpha value is -3.10. The fourth-order valence-electron chi connectivity index (χ4n) is 1.59. The average molecular weight is 294 g/mol. The van der Waals surface area contributed by atoms with Crippen LogP contribution in [0.15, 0.2) is 30.5 Å². The van der Waals surface area contributed by atoms with Gasteiger partial charge in [0.15, 0.2) is 11.6 Å². The molecule has 0 saturated heterocycles. The quantitative estimate of drug-likeness (QED) is 0.665. The van der Waals surface area contributed by atoms with Crippen LogP contribution in [0.4, 0.5) is 26.0 Å². The van der Waals surface area contributed by atoms with Gasteiger partial charge in [0.2, 0.25) is 0 Å². The van der Waals surface area contributed by atoms with E-state index in [1.165, 1.54) is 0 Å². The molecule has 1 amide bonds. The van der Waals surface area contributed by atoms with Crippen molar-refractivity contribution < 1.29 is 18.5 Å². The van der Waals surface area contributed by atoms with Gasteiger partial charge in [-0.15, -0.1) is 0 Å². The number of non-ortho nitro benzene ring substituents is 1. The number of carbonyl (C=O) groups excluding carboxylic acids is 1. The third-order valence-electron chi connectivity index (χ3n) is 2.51. The number of benzene rings is 1. The van der Waals surface area contributed by atoms with Crippen LogP contribution in [0, 0.1) is 21.7 Å². The number of rotatable bonds is 3. The van der Waals surface area contributed by atoms with Gasteiger partial charge < -0.3 is 11.1 Å². The molecule has 0 radical (unpaired) electrons. The molecule has 0 saturated carbocycles. The Balaban J connectivity index is 2.31. The SMILES string of the molecule is Nc1nccc(C(=O)Nc2cc(F)cc([N+](=O)[O-])c2)c1F. The van der Waals surface area contributed by atoms with E-state index in [1.807, 2.05) is 0 Å². The topological polar surface area (TPSA) is 111 Å². The molecule has 0 aliphatic carbocycles. The zero-order valence-electron chi connectivity index (χ0n) is 10.3. The number of nitro groups is 1. The monoisotopic (exact) mass is 294 g/mol.